The number of nitrogens with one attached hydrogen (secondary N) is 1. The van der Waals surface area contributed by atoms with Crippen LogP contribution in [-0.4, -0.2) is 5.91 Å². The van der Waals surface area contributed by atoms with Crippen molar-refractivity contribution in [1.29, 1.82) is 10.5 Å². The Labute approximate surface area is 160 Å². The molecule has 25 heavy (non-hydrogen) atoms. The highest BCUT2D eigenvalue weighted by Gasteiger charge is 2.51. The molecule has 6 heteroatoms. The van der Waals surface area contributed by atoms with E-state index in [0.29, 0.717) is 16.4 Å². The predicted octanol–water partition coefficient (Wildman–Crippen LogP) is 4.64. The fraction of sp³-hybridized carbons (Fsp3) is 0.421. The van der Waals surface area contributed by atoms with Gasteiger partial charge in [-0.1, -0.05) is 53.4 Å². The van der Waals surface area contributed by atoms with Crippen LogP contribution in [0.3, 0.4) is 0 Å². The standard InChI is InChI=1S/C19H18BrN3OS/c20-16-7-3-2-6-13(16)12-25-18-15(11-22)19(8-4-1-5-9-19)14(10-21)17(24)23-18/h2-3,6-7,14H,1,4-5,8-9,12H2,(H,23,24). The molecule has 2 aliphatic rings. The number of rotatable bonds is 3. The van der Waals surface area contributed by atoms with Gasteiger partial charge in [-0.05, 0) is 24.5 Å². The zero-order valence-electron chi connectivity index (χ0n) is 13.7. The number of hydrogen-bond acceptors (Lipinski definition) is 4. The van der Waals surface area contributed by atoms with Crippen molar-refractivity contribution in [1.82, 2.24) is 5.32 Å². The number of halogens is 1. The molecule has 4 nitrogen and oxygen atoms in total. The highest BCUT2D eigenvalue weighted by Crippen LogP contribution is 2.52. The molecule has 1 aromatic carbocycles. The average Bonchev–Trinajstić information content (AvgIpc) is 2.62. The Hall–Kier alpha value is -1.76. The zero-order valence-corrected chi connectivity index (χ0v) is 16.1. The maximum absolute atomic E-state index is 12.5. The van der Waals surface area contributed by atoms with Crippen molar-refractivity contribution in [2.45, 2.75) is 37.9 Å². The smallest absolute Gasteiger partial charge is 0.243 e. The minimum Gasteiger partial charge on any atom is -0.319 e. The van der Waals surface area contributed by atoms with Crippen LogP contribution in [0.5, 0.6) is 0 Å². The SMILES string of the molecule is N#CC1=C(SCc2ccccc2Br)NC(=O)C(C#N)C12CCCCC2. The fourth-order valence-electron chi connectivity index (χ4n) is 3.81. The van der Waals surface area contributed by atoms with Crippen LogP contribution in [0.25, 0.3) is 0 Å². The molecule has 1 atom stereocenters. The summed E-state index contributed by atoms with van der Waals surface area (Å²) in [6.07, 6.45) is 4.48. The van der Waals surface area contributed by atoms with Crippen LogP contribution in [0.4, 0.5) is 0 Å². The van der Waals surface area contributed by atoms with Crippen molar-refractivity contribution in [3.8, 4) is 12.1 Å². The summed E-state index contributed by atoms with van der Waals surface area (Å²) in [7, 11) is 0. The summed E-state index contributed by atoms with van der Waals surface area (Å²) < 4.78 is 1.01. The van der Waals surface area contributed by atoms with Crippen molar-refractivity contribution in [3.05, 3.63) is 44.9 Å². The second-order valence-corrected chi connectivity index (χ2v) is 8.30. The highest BCUT2D eigenvalue weighted by atomic mass is 79.9. The lowest BCUT2D eigenvalue weighted by Gasteiger charge is -2.43. The van der Waals surface area contributed by atoms with Gasteiger partial charge in [-0.3, -0.25) is 4.79 Å². The van der Waals surface area contributed by atoms with E-state index >= 15 is 0 Å². The molecule has 1 aliphatic heterocycles. The van der Waals surface area contributed by atoms with E-state index < -0.39 is 11.3 Å². The Balaban J connectivity index is 1.96. The van der Waals surface area contributed by atoms with Gasteiger partial charge >= 0.3 is 0 Å². The monoisotopic (exact) mass is 415 g/mol. The molecule has 0 aromatic heterocycles. The van der Waals surface area contributed by atoms with Gasteiger partial charge in [0, 0.05) is 15.6 Å². The fourth-order valence-corrected chi connectivity index (χ4v) is 5.54. The van der Waals surface area contributed by atoms with Gasteiger partial charge < -0.3 is 5.32 Å². The molecule has 1 spiro atoms. The van der Waals surface area contributed by atoms with Crippen LogP contribution in [0.15, 0.2) is 39.3 Å². The first-order valence-electron chi connectivity index (χ1n) is 8.34. The Morgan fingerprint density at radius 1 is 1.24 bits per heavy atom. The summed E-state index contributed by atoms with van der Waals surface area (Å²) in [5.74, 6) is -0.386. The quantitative estimate of drug-likeness (QED) is 0.779. The van der Waals surface area contributed by atoms with E-state index in [1.54, 1.807) is 0 Å². The van der Waals surface area contributed by atoms with Gasteiger partial charge in [0.25, 0.3) is 0 Å². The van der Waals surface area contributed by atoms with E-state index in [1.807, 2.05) is 24.3 Å². The number of hydrogen-bond donors (Lipinski definition) is 1. The van der Waals surface area contributed by atoms with E-state index in [0.717, 1.165) is 42.1 Å². The molecule has 1 fully saturated rings. The molecule has 1 aliphatic carbocycles. The van der Waals surface area contributed by atoms with Gasteiger partial charge in [-0.2, -0.15) is 10.5 Å². The molecule has 128 valence electrons. The molecule has 0 bridgehead atoms. The largest absolute Gasteiger partial charge is 0.319 e. The summed E-state index contributed by atoms with van der Waals surface area (Å²) in [5, 5.41) is 22.9. The second-order valence-electron chi connectivity index (χ2n) is 6.46. The number of benzene rings is 1. The van der Waals surface area contributed by atoms with Crippen LogP contribution < -0.4 is 5.32 Å². The van der Waals surface area contributed by atoms with E-state index in [4.69, 9.17) is 0 Å². The number of nitrogens with zero attached hydrogens (tertiary/aromatic N) is 2. The van der Waals surface area contributed by atoms with Crippen LogP contribution in [-0.2, 0) is 10.5 Å². The Morgan fingerprint density at radius 3 is 2.60 bits per heavy atom. The van der Waals surface area contributed by atoms with Gasteiger partial charge in [-0.25, -0.2) is 0 Å². The average molecular weight is 416 g/mol. The van der Waals surface area contributed by atoms with E-state index in [1.165, 1.54) is 11.8 Å². The lowest BCUT2D eigenvalue weighted by Crippen LogP contribution is -2.48. The summed E-state index contributed by atoms with van der Waals surface area (Å²) >= 11 is 5.00. The molecular formula is C19H18BrN3OS. The van der Waals surface area contributed by atoms with Crippen molar-refractivity contribution >= 4 is 33.6 Å². The number of amides is 1. The second kappa shape index (κ2) is 7.64. The minimum atomic E-state index is -0.768. The van der Waals surface area contributed by atoms with Crippen molar-refractivity contribution < 1.29 is 4.79 Å². The Bertz CT molecular complexity index is 800. The van der Waals surface area contributed by atoms with Crippen molar-refractivity contribution in [2.75, 3.05) is 0 Å². The summed E-state index contributed by atoms with van der Waals surface area (Å²) in [5.41, 5.74) is 1.09. The highest BCUT2D eigenvalue weighted by molar-refractivity contribution is 9.10. The van der Waals surface area contributed by atoms with E-state index in [2.05, 4.69) is 33.4 Å². The summed E-state index contributed by atoms with van der Waals surface area (Å²) in [6, 6.07) is 12.4. The van der Waals surface area contributed by atoms with Gasteiger partial charge in [0.15, 0.2) is 0 Å². The third kappa shape index (κ3) is 3.34. The van der Waals surface area contributed by atoms with Crippen LogP contribution >= 0.6 is 27.7 Å². The number of nitriles is 2. The molecule has 1 heterocycles. The molecule has 3 rings (SSSR count). The summed E-state index contributed by atoms with van der Waals surface area (Å²) in [6.45, 7) is 0. The van der Waals surface area contributed by atoms with Gasteiger partial charge in [-0.15, -0.1) is 11.8 Å². The molecule has 1 aromatic rings. The Kier molecular flexibility index (Phi) is 5.51. The molecular weight excluding hydrogens is 398 g/mol. The first kappa shape index (κ1) is 18.0. The van der Waals surface area contributed by atoms with Crippen LogP contribution in [0.2, 0.25) is 0 Å². The molecule has 0 radical (unpaired) electrons. The van der Waals surface area contributed by atoms with Crippen LogP contribution in [0, 0.1) is 34.0 Å². The lowest BCUT2D eigenvalue weighted by molar-refractivity contribution is -0.126. The third-order valence-corrected chi connectivity index (χ3v) is 6.92. The van der Waals surface area contributed by atoms with Crippen LogP contribution in [0.1, 0.15) is 37.7 Å². The number of carbonyl (C=O) groups is 1. The Morgan fingerprint density at radius 2 is 1.96 bits per heavy atom. The van der Waals surface area contributed by atoms with Crippen molar-refractivity contribution in [3.63, 3.8) is 0 Å². The molecule has 1 N–H and O–H groups in total. The van der Waals surface area contributed by atoms with Gasteiger partial charge in [0.2, 0.25) is 5.91 Å². The van der Waals surface area contributed by atoms with Crippen molar-refractivity contribution in [2.24, 2.45) is 11.3 Å². The minimum absolute atomic E-state index is 0.266. The first-order valence-corrected chi connectivity index (χ1v) is 10.1. The maximum Gasteiger partial charge on any atom is 0.243 e. The maximum atomic E-state index is 12.5. The third-order valence-electron chi connectivity index (χ3n) is 5.09. The van der Waals surface area contributed by atoms with Gasteiger partial charge in [0.1, 0.15) is 5.92 Å². The normalized spacial score (nSPS) is 22.2. The first-order chi connectivity index (χ1) is 12.1. The molecule has 0 saturated heterocycles. The summed E-state index contributed by atoms with van der Waals surface area (Å²) in [4.78, 5) is 12.5. The van der Waals surface area contributed by atoms with E-state index in [9.17, 15) is 15.3 Å². The van der Waals surface area contributed by atoms with Gasteiger partial charge in [0.05, 0.1) is 22.7 Å². The molecule has 1 unspecified atom stereocenters. The lowest BCUT2D eigenvalue weighted by atomic mass is 9.61. The molecule has 1 amide bonds. The topological polar surface area (TPSA) is 76.7 Å². The zero-order chi connectivity index (χ0) is 17.9. The number of thioether (sulfide) groups is 1. The number of allylic oxidation sites excluding steroid dienone is 1. The predicted molar refractivity (Wildman–Crippen MR) is 101 cm³/mol. The number of carbonyl (C=O) groups excluding carboxylic acids is 1. The van der Waals surface area contributed by atoms with E-state index in [-0.39, 0.29) is 5.91 Å². The molecule has 1 saturated carbocycles.